The monoisotopic (exact) mass is 606 g/mol. The van der Waals surface area contributed by atoms with Crippen LogP contribution in [0.4, 0.5) is 0 Å². The fourth-order valence-corrected chi connectivity index (χ4v) is 6.57. The molecule has 0 bridgehead atoms. The van der Waals surface area contributed by atoms with Gasteiger partial charge in [-0.3, -0.25) is 0 Å². The number of aliphatic hydroxyl groups excluding tert-OH is 3. The van der Waals surface area contributed by atoms with E-state index in [4.69, 9.17) is 14.2 Å². The number of cyclic esters (lactones) is 1. The largest absolute Gasteiger partial charge is 0.456 e. The minimum atomic E-state index is -1.77. The molecular formula is C35H58O8. The van der Waals surface area contributed by atoms with Gasteiger partial charge < -0.3 is 34.6 Å². The van der Waals surface area contributed by atoms with Crippen LogP contribution in [-0.4, -0.2) is 75.9 Å². The smallest absolute Gasteiger partial charge is 0.334 e. The minimum Gasteiger partial charge on any atom is -0.456 e. The average molecular weight is 607 g/mol. The topological polar surface area (TPSA) is 126 Å². The molecule has 2 aliphatic rings. The summed E-state index contributed by atoms with van der Waals surface area (Å²) in [6.07, 6.45) is 5.44. The summed E-state index contributed by atoms with van der Waals surface area (Å²) in [5, 5.41) is 44.9. The van der Waals surface area contributed by atoms with Gasteiger partial charge in [-0.25, -0.2) is 4.79 Å². The molecule has 2 aliphatic heterocycles. The van der Waals surface area contributed by atoms with Gasteiger partial charge in [-0.15, -0.1) is 0 Å². The molecule has 0 aromatic heterocycles. The third kappa shape index (κ3) is 9.59. The van der Waals surface area contributed by atoms with Crippen molar-refractivity contribution in [2.24, 2.45) is 35.5 Å². The predicted octanol–water partition coefficient (Wildman–Crippen LogP) is 5.11. The molecule has 4 N–H and O–H groups in total. The molecule has 0 aromatic carbocycles. The molecule has 2 rings (SSSR count). The lowest BCUT2D eigenvalue weighted by Crippen LogP contribution is -2.59. The Morgan fingerprint density at radius 2 is 1.67 bits per heavy atom. The van der Waals surface area contributed by atoms with Crippen LogP contribution in [0.15, 0.2) is 47.1 Å². The normalized spacial score (nSPS) is 42.0. The Balaban J connectivity index is 2.48. The van der Waals surface area contributed by atoms with Crippen molar-refractivity contribution in [3.63, 3.8) is 0 Å². The lowest BCUT2D eigenvalue weighted by Gasteiger charge is -2.49. The molecule has 8 heteroatoms. The maximum atomic E-state index is 13.4. The van der Waals surface area contributed by atoms with E-state index in [0.29, 0.717) is 12.0 Å². The predicted molar refractivity (Wildman–Crippen MR) is 169 cm³/mol. The van der Waals surface area contributed by atoms with Crippen molar-refractivity contribution in [1.82, 2.24) is 0 Å². The SMILES string of the molecule is CO[C@H]1/C=C/C=C(\C)C[C@H](C)[C@H](O)[C@H](C)/C=C(C)/C=C(\C)C(=O)O[C@@H]1[C@@H](C)[C@@H](O)[C@H](C)[C@@]1(O)C[C@@H](O)[C@H](C)[C@@H](C(C)C)O1. The van der Waals surface area contributed by atoms with Crippen LogP contribution in [0.25, 0.3) is 0 Å². The van der Waals surface area contributed by atoms with Gasteiger partial charge in [-0.05, 0) is 45.1 Å². The van der Waals surface area contributed by atoms with E-state index < -0.39 is 54.1 Å². The first-order chi connectivity index (χ1) is 19.9. The van der Waals surface area contributed by atoms with E-state index in [9.17, 15) is 25.2 Å². The fraction of sp³-hybridized carbons (Fsp3) is 0.743. The van der Waals surface area contributed by atoms with Gasteiger partial charge >= 0.3 is 5.97 Å². The number of carbonyl (C=O) groups is 1. The summed E-state index contributed by atoms with van der Waals surface area (Å²) in [5.74, 6) is -4.03. The standard InChI is InChI=1S/C35H58O8/c1-19(2)32-25(8)28(36)18-35(40,43-32)27(10)31(38)26(9)33-29(41-11)14-12-13-20(3)15-22(5)30(37)23(6)16-21(4)17-24(7)34(39)42-33/h12-14,16-17,19,22-23,25-33,36-38,40H,15,18H2,1-11H3/b14-12+,20-13+,21-16+,24-17+/t22-,23+,25-,26-,27-,28+,29-,30-,31+,32+,33+,35+/m0/s1. The third-order valence-electron chi connectivity index (χ3n) is 9.48. The van der Waals surface area contributed by atoms with Crippen molar-refractivity contribution in [3.8, 4) is 0 Å². The molecule has 0 saturated carbocycles. The van der Waals surface area contributed by atoms with Gasteiger partial charge in [-0.1, -0.05) is 83.9 Å². The summed E-state index contributed by atoms with van der Waals surface area (Å²) in [6.45, 7) is 18.9. The zero-order valence-electron chi connectivity index (χ0n) is 28.2. The van der Waals surface area contributed by atoms with Crippen molar-refractivity contribution in [2.45, 2.75) is 124 Å². The first-order valence-corrected chi connectivity index (χ1v) is 15.8. The van der Waals surface area contributed by atoms with E-state index in [1.165, 1.54) is 7.11 Å². The highest BCUT2D eigenvalue weighted by Crippen LogP contribution is 2.41. The lowest BCUT2D eigenvalue weighted by molar-refractivity contribution is -0.328. The number of esters is 1. The summed E-state index contributed by atoms with van der Waals surface area (Å²) < 4.78 is 18.0. The van der Waals surface area contributed by atoms with E-state index >= 15 is 0 Å². The van der Waals surface area contributed by atoms with Gasteiger partial charge in [-0.2, -0.15) is 0 Å². The van der Waals surface area contributed by atoms with Gasteiger partial charge in [0.15, 0.2) is 5.79 Å². The van der Waals surface area contributed by atoms with Crippen LogP contribution in [0.3, 0.4) is 0 Å². The summed E-state index contributed by atoms with van der Waals surface area (Å²) in [6, 6.07) is 0. The summed E-state index contributed by atoms with van der Waals surface area (Å²) in [4.78, 5) is 13.4. The quantitative estimate of drug-likeness (QED) is 0.308. The number of hydrogen-bond acceptors (Lipinski definition) is 8. The van der Waals surface area contributed by atoms with Crippen LogP contribution < -0.4 is 0 Å². The zero-order chi connectivity index (χ0) is 32.8. The minimum absolute atomic E-state index is 0.0267. The van der Waals surface area contributed by atoms with Crippen molar-refractivity contribution in [3.05, 3.63) is 47.1 Å². The molecule has 12 atom stereocenters. The molecule has 2 heterocycles. The highest BCUT2D eigenvalue weighted by atomic mass is 16.6. The number of ether oxygens (including phenoxy) is 3. The van der Waals surface area contributed by atoms with Crippen LogP contribution in [0, 0.1) is 35.5 Å². The van der Waals surface area contributed by atoms with Gasteiger partial charge in [0, 0.05) is 42.8 Å². The molecule has 0 radical (unpaired) electrons. The van der Waals surface area contributed by atoms with Crippen LogP contribution in [-0.2, 0) is 19.0 Å². The van der Waals surface area contributed by atoms with Crippen molar-refractivity contribution < 1.29 is 39.4 Å². The Hall–Kier alpha value is -1.81. The molecule has 0 aromatic rings. The van der Waals surface area contributed by atoms with E-state index in [-0.39, 0.29) is 36.2 Å². The first kappa shape index (κ1) is 37.4. The molecule has 0 aliphatic carbocycles. The van der Waals surface area contributed by atoms with E-state index in [1.54, 1.807) is 32.9 Å². The highest BCUT2D eigenvalue weighted by Gasteiger charge is 2.51. The van der Waals surface area contributed by atoms with Crippen LogP contribution in [0.1, 0.15) is 82.1 Å². The third-order valence-corrected chi connectivity index (χ3v) is 9.48. The molecule has 0 spiro atoms. The maximum absolute atomic E-state index is 13.4. The Labute approximate surface area is 259 Å². The fourth-order valence-electron chi connectivity index (χ4n) is 6.57. The van der Waals surface area contributed by atoms with Crippen LogP contribution in [0.5, 0.6) is 0 Å². The maximum Gasteiger partial charge on any atom is 0.334 e. The van der Waals surface area contributed by atoms with Crippen LogP contribution >= 0.6 is 0 Å². The number of hydrogen-bond donors (Lipinski definition) is 4. The molecule has 0 unspecified atom stereocenters. The number of rotatable bonds is 6. The Morgan fingerprint density at radius 3 is 2.26 bits per heavy atom. The zero-order valence-corrected chi connectivity index (χ0v) is 28.2. The molecule has 246 valence electrons. The Morgan fingerprint density at radius 1 is 1.05 bits per heavy atom. The summed E-state index contributed by atoms with van der Waals surface area (Å²) >= 11 is 0. The Kier molecular flexibility index (Phi) is 13.9. The average Bonchev–Trinajstić information content (AvgIpc) is 2.93. The second-order valence-corrected chi connectivity index (χ2v) is 13.7. The number of aliphatic hydroxyl groups is 4. The van der Waals surface area contributed by atoms with E-state index in [1.807, 2.05) is 66.7 Å². The van der Waals surface area contributed by atoms with Crippen molar-refractivity contribution >= 4 is 5.97 Å². The summed E-state index contributed by atoms with van der Waals surface area (Å²) in [7, 11) is 1.52. The van der Waals surface area contributed by atoms with E-state index in [0.717, 1.165) is 11.1 Å². The van der Waals surface area contributed by atoms with Crippen molar-refractivity contribution in [2.75, 3.05) is 7.11 Å². The van der Waals surface area contributed by atoms with Gasteiger partial charge in [0.2, 0.25) is 0 Å². The second-order valence-electron chi connectivity index (χ2n) is 13.7. The van der Waals surface area contributed by atoms with E-state index in [2.05, 4.69) is 0 Å². The molecular weight excluding hydrogens is 548 g/mol. The Bertz CT molecular complexity index is 1040. The molecule has 0 amide bonds. The second kappa shape index (κ2) is 16.0. The highest BCUT2D eigenvalue weighted by molar-refractivity contribution is 5.88. The number of methoxy groups -OCH3 is 1. The van der Waals surface area contributed by atoms with Gasteiger partial charge in [0.25, 0.3) is 0 Å². The van der Waals surface area contributed by atoms with Gasteiger partial charge in [0.1, 0.15) is 12.2 Å². The molecule has 8 nitrogen and oxygen atoms in total. The van der Waals surface area contributed by atoms with Crippen molar-refractivity contribution in [1.29, 1.82) is 0 Å². The lowest BCUT2D eigenvalue weighted by atomic mass is 9.76. The number of allylic oxidation sites excluding steroid dienone is 5. The summed E-state index contributed by atoms with van der Waals surface area (Å²) in [5.41, 5.74) is 2.28. The first-order valence-electron chi connectivity index (χ1n) is 15.8. The molecule has 43 heavy (non-hydrogen) atoms. The number of carbonyl (C=O) groups excluding carboxylic acids is 1. The molecule has 1 fully saturated rings. The van der Waals surface area contributed by atoms with Crippen LogP contribution in [0.2, 0.25) is 0 Å². The van der Waals surface area contributed by atoms with Gasteiger partial charge in [0.05, 0.1) is 24.4 Å². The molecule has 1 saturated heterocycles.